The number of halogens is 2. The minimum absolute atomic E-state index is 0.00206. The monoisotopic (exact) mass is 625 g/mol. The molecule has 3 aromatic carbocycles. The molecule has 1 aliphatic rings. The number of amides is 1. The second-order valence-electron chi connectivity index (χ2n) is 9.48. The normalized spacial score (nSPS) is 16.4. The topological polar surface area (TPSA) is 122 Å². The van der Waals surface area contributed by atoms with Gasteiger partial charge in [-0.05, 0) is 73.9 Å². The number of nitrogens with one attached hydrogen (secondary N) is 2. The van der Waals surface area contributed by atoms with Crippen molar-refractivity contribution in [1.29, 1.82) is 0 Å². The highest BCUT2D eigenvalue weighted by Crippen LogP contribution is 2.30. The number of aryl methyl sites for hydroxylation is 1. The van der Waals surface area contributed by atoms with E-state index in [9.17, 15) is 21.6 Å². The van der Waals surface area contributed by atoms with Gasteiger partial charge in [-0.25, -0.2) is 21.1 Å². The average Bonchev–Trinajstić information content (AvgIpc) is 2.91. The molecular weight excluding hydrogens is 597 g/mol. The first-order valence-electron chi connectivity index (χ1n) is 12.4. The summed E-state index contributed by atoms with van der Waals surface area (Å²) in [5, 5.41) is 3.30. The van der Waals surface area contributed by atoms with Crippen molar-refractivity contribution in [2.45, 2.75) is 30.4 Å². The van der Waals surface area contributed by atoms with Gasteiger partial charge >= 0.3 is 0 Å². The third-order valence-electron chi connectivity index (χ3n) is 6.57. The number of hydrogen-bond acceptors (Lipinski definition) is 6. The first kappa shape index (κ1) is 30.1. The van der Waals surface area contributed by atoms with Crippen LogP contribution >= 0.6 is 23.2 Å². The lowest BCUT2D eigenvalue weighted by atomic mass is 9.99. The van der Waals surface area contributed by atoms with Gasteiger partial charge in [-0.3, -0.25) is 9.52 Å². The Bertz CT molecular complexity index is 1590. The number of benzene rings is 3. The Labute approximate surface area is 244 Å². The molecule has 0 radical (unpaired) electrons. The lowest BCUT2D eigenvalue weighted by molar-refractivity contribution is -0.120. The molecule has 3 aromatic rings. The van der Waals surface area contributed by atoms with Gasteiger partial charge in [-0.2, -0.15) is 0 Å². The summed E-state index contributed by atoms with van der Waals surface area (Å²) in [4.78, 5) is 13.0. The molecule has 1 aliphatic heterocycles. The molecule has 1 amide bonds. The first-order chi connectivity index (χ1) is 18.9. The number of nitrogens with zero attached hydrogens (tertiary/aromatic N) is 1. The lowest BCUT2D eigenvalue weighted by Gasteiger charge is -2.31. The molecule has 9 nitrogen and oxygen atoms in total. The van der Waals surface area contributed by atoms with E-state index in [4.69, 9.17) is 27.9 Å². The predicted octanol–water partition coefficient (Wildman–Crippen LogP) is 5.29. The Morgan fingerprint density at radius 3 is 2.35 bits per heavy atom. The van der Waals surface area contributed by atoms with Gasteiger partial charge in [0.05, 0.1) is 29.4 Å². The summed E-state index contributed by atoms with van der Waals surface area (Å²) in [5.41, 5.74) is 1.88. The molecule has 2 N–H and O–H groups in total. The van der Waals surface area contributed by atoms with Crippen LogP contribution in [0.3, 0.4) is 0 Å². The number of carbonyl (C=O) groups is 1. The Morgan fingerprint density at radius 1 is 1.02 bits per heavy atom. The summed E-state index contributed by atoms with van der Waals surface area (Å²) in [6.07, 6.45) is 1.03. The lowest BCUT2D eigenvalue weighted by Crippen LogP contribution is -2.44. The van der Waals surface area contributed by atoms with Crippen molar-refractivity contribution < 1.29 is 26.4 Å². The molecule has 1 fully saturated rings. The van der Waals surface area contributed by atoms with Gasteiger partial charge in [-0.1, -0.05) is 35.3 Å². The van der Waals surface area contributed by atoms with Crippen molar-refractivity contribution in [3.05, 3.63) is 81.8 Å². The summed E-state index contributed by atoms with van der Waals surface area (Å²) < 4.78 is 61.2. The number of rotatable bonds is 9. The van der Waals surface area contributed by atoms with Crippen LogP contribution in [-0.4, -0.2) is 47.2 Å². The minimum atomic E-state index is -3.92. The zero-order valence-electron chi connectivity index (χ0n) is 21.9. The zero-order chi connectivity index (χ0) is 29.1. The fraction of sp³-hybridized carbons (Fsp3) is 0.296. The van der Waals surface area contributed by atoms with Gasteiger partial charge in [-0.15, -0.1) is 0 Å². The molecule has 0 spiro atoms. The van der Waals surface area contributed by atoms with E-state index in [0.717, 1.165) is 5.56 Å². The van der Waals surface area contributed by atoms with Crippen molar-refractivity contribution in [2.24, 2.45) is 5.92 Å². The summed E-state index contributed by atoms with van der Waals surface area (Å²) >= 11 is 12.3. The van der Waals surface area contributed by atoms with Crippen LogP contribution in [0.15, 0.2) is 65.6 Å². The average molecular weight is 627 g/mol. The molecule has 0 bridgehead atoms. The van der Waals surface area contributed by atoms with Gasteiger partial charge in [0, 0.05) is 34.4 Å². The van der Waals surface area contributed by atoms with Gasteiger partial charge in [0.25, 0.3) is 10.0 Å². The quantitative estimate of drug-likeness (QED) is 0.333. The fourth-order valence-corrected chi connectivity index (χ4v) is 7.84. The van der Waals surface area contributed by atoms with Crippen LogP contribution in [0.4, 0.5) is 11.4 Å². The van der Waals surface area contributed by atoms with Gasteiger partial charge in [0.15, 0.2) is 0 Å². The molecule has 40 heavy (non-hydrogen) atoms. The minimum Gasteiger partial charge on any atom is -0.495 e. The van der Waals surface area contributed by atoms with E-state index >= 15 is 0 Å². The molecule has 214 valence electrons. The highest BCUT2D eigenvalue weighted by atomic mass is 35.5. The largest absolute Gasteiger partial charge is 0.495 e. The van der Waals surface area contributed by atoms with Crippen molar-refractivity contribution in [2.75, 3.05) is 30.2 Å². The second kappa shape index (κ2) is 12.4. The number of piperidine rings is 1. The van der Waals surface area contributed by atoms with Crippen LogP contribution in [0.25, 0.3) is 0 Å². The smallest absolute Gasteiger partial charge is 0.262 e. The first-order valence-corrected chi connectivity index (χ1v) is 16.2. The maximum atomic E-state index is 13.1. The van der Waals surface area contributed by atoms with Crippen LogP contribution < -0.4 is 14.8 Å². The van der Waals surface area contributed by atoms with Crippen molar-refractivity contribution >= 4 is 60.5 Å². The SMILES string of the molecule is COc1ccc(C)cc1NS(=O)(=O)c1ccc(NC(=O)[C@@H]2CCCN(S(=O)(=O)Cc3c(Cl)cccc3Cl)C2)cc1. The molecule has 1 heterocycles. The molecule has 0 saturated carbocycles. The third-order valence-corrected chi connectivity index (χ3v) is 10.4. The third kappa shape index (κ3) is 7.08. The van der Waals surface area contributed by atoms with E-state index in [1.165, 1.54) is 35.7 Å². The number of sulfonamides is 2. The maximum Gasteiger partial charge on any atom is 0.262 e. The fourth-order valence-electron chi connectivity index (χ4n) is 4.42. The summed E-state index contributed by atoms with van der Waals surface area (Å²) in [7, 11) is -6.24. The zero-order valence-corrected chi connectivity index (χ0v) is 25.0. The molecule has 0 aliphatic carbocycles. The van der Waals surface area contributed by atoms with Crippen molar-refractivity contribution in [1.82, 2.24) is 4.31 Å². The van der Waals surface area contributed by atoms with Gasteiger partial charge in [0.2, 0.25) is 15.9 Å². The van der Waals surface area contributed by atoms with E-state index in [0.29, 0.717) is 42.1 Å². The number of methoxy groups -OCH3 is 1. The molecular formula is C27H29Cl2N3O6S2. The van der Waals surface area contributed by atoms with E-state index in [2.05, 4.69) is 10.0 Å². The molecule has 13 heteroatoms. The predicted molar refractivity (Wildman–Crippen MR) is 157 cm³/mol. The Kier molecular flexibility index (Phi) is 9.31. The standard InChI is InChI=1S/C27H29Cl2N3O6S2/c1-18-8-13-26(38-2)25(15-18)31-40(36,37)21-11-9-20(10-12-21)30-27(33)19-5-4-14-32(16-19)39(34,35)17-22-23(28)6-3-7-24(22)29/h3,6-13,15,19,31H,4-5,14,16-17H2,1-2H3,(H,30,33)/t19-/m1/s1. The Hall–Kier alpha value is -2.83. The molecule has 1 atom stereocenters. The van der Waals surface area contributed by atoms with E-state index in [-0.39, 0.29) is 33.1 Å². The number of anilines is 2. The summed E-state index contributed by atoms with van der Waals surface area (Å²) in [6, 6.07) is 15.7. The number of carbonyl (C=O) groups excluding carboxylic acids is 1. The second-order valence-corrected chi connectivity index (χ2v) is 13.9. The van der Waals surface area contributed by atoms with Crippen LogP contribution in [0.2, 0.25) is 10.0 Å². The maximum absolute atomic E-state index is 13.1. The number of ether oxygens (including phenoxy) is 1. The molecule has 0 unspecified atom stereocenters. The number of hydrogen-bond donors (Lipinski definition) is 2. The van der Waals surface area contributed by atoms with Crippen LogP contribution in [0.1, 0.15) is 24.0 Å². The molecule has 1 saturated heterocycles. The van der Waals surface area contributed by atoms with Crippen LogP contribution in [0, 0.1) is 12.8 Å². The Morgan fingerprint density at radius 2 is 1.70 bits per heavy atom. The van der Waals surface area contributed by atoms with E-state index in [1.807, 2.05) is 13.0 Å². The van der Waals surface area contributed by atoms with Crippen LogP contribution in [0.5, 0.6) is 5.75 Å². The highest BCUT2D eigenvalue weighted by molar-refractivity contribution is 7.92. The van der Waals surface area contributed by atoms with Gasteiger partial charge in [0.1, 0.15) is 5.75 Å². The molecule has 0 aromatic heterocycles. The van der Waals surface area contributed by atoms with E-state index < -0.39 is 26.0 Å². The molecule has 4 rings (SSSR count). The van der Waals surface area contributed by atoms with Crippen LogP contribution in [-0.2, 0) is 30.6 Å². The highest BCUT2D eigenvalue weighted by Gasteiger charge is 2.33. The van der Waals surface area contributed by atoms with Crippen molar-refractivity contribution in [3.63, 3.8) is 0 Å². The van der Waals surface area contributed by atoms with E-state index in [1.54, 1.807) is 30.3 Å². The Balaban J connectivity index is 1.41. The van der Waals surface area contributed by atoms with Crippen molar-refractivity contribution in [3.8, 4) is 5.75 Å². The summed E-state index contributed by atoms with van der Waals surface area (Å²) in [5.74, 6) is -0.910. The summed E-state index contributed by atoms with van der Waals surface area (Å²) in [6.45, 7) is 2.15. The van der Waals surface area contributed by atoms with Gasteiger partial charge < -0.3 is 10.1 Å².